The monoisotopic (exact) mass is 257 g/mol. The largest absolute Gasteiger partial charge is 0.376 e. The van der Waals surface area contributed by atoms with E-state index >= 15 is 0 Å². The fourth-order valence-electron chi connectivity index (χ4n) is 1.43. The molecule has 5 heteroatoms. The van der Waals surface area contributed by atoms with Crippen LogP contribution in [-0.4, -0.2) is 32.6 Å². The van der Waals surface area contributed by atoms with Crippen LogP contribution in [0.3, 0.4) is 0 Å². The van der Waals surface area contributed by atoms with E-state index in [-0.39, 0.29) is 24.2 Å². The first-order valence-electron chi connectivity index (χ1n) is 5.57. The number of sulfone groups is 1. The summed E-state index contributed by atoms with van der Waals surface area (Å²) in [7, 11) is -3.09. The molecule has 1 aromatic carbocycles. The highest BCUT2D eigenvalue weighted by Gasteiger charge is 2.12. The second-order valence-corrected chi connectivity index (χ2v) is 6.36. The summed E-state index contributed by atoms with van der Waals surface area (Å²) < 4.78 is 28.3. The van der Waals surface area contributed by atoms with Crippen molar-refractivity contribution in [2.45, 2.75) is 19.6 Å². The van der Waals surface area contributed by atoms with Crippen LogP contribution in [0.2, 0.25) is 0 Å². The lowest BCUT2D eigenvalue weighted by atomic mass is 10.2. The first-order chi connectivity index (χ1) is 7.99. The predicted molar refractivity (Wildman–Crippen MR) is 68.4 cm³/mol. The van der Waals surface area contributed by atoms with Gasteiger partial charge in [-0.05, 0) is 12.5 Å². The Morgan fingerprint density at radius 1 is 1.29 bits per heavy atom. The molecular formula is C12H19NO3S. The van der Waals surface area contributed by atoms with Gasteiger partial charge in [0.25, 0.3) is 0 Å². The quantitative estimate of drug-likeness (QED) is 0.739. The van der Waals surface area contributed by atoms with Crippen molar-refractivity contribution in [3.63, 3.8) is 0 Å². The minimum atomic E-state index is -3.09. The van der Waals surface area contributed by atoms with Crippen molar-refractivity contribution in [1.29, 1.82) is 0 Å². The van der Waals surface area contributed by atoms with Crippen LogP contribution in [0.5, 0.6) is 0 Å². The molecule has 96 valence electrons. The van der Waals surface area contributed by atoms with Crippen molar-refractivity contribution in [3.8, 4) is 0 Å². The maximum atomic E-state index is 11.5. The SMILES string of the molecule is CC(N)CS(=O)(=O)CCOCc1ccccc1. The highest BCUT2D eigenvalue weighted by Crippen LogP contribution is 2.01. The number of hydrogen-bond donors (Lipinski definition) is 1. The average Bonchev–Trinajstić information content (AvgIpc) is 2.24. The third-order valence-corrected chi connectivity index (χ3v) is 3.99. The van der Waals surface area contributed by atoms with Crippen LogP contribution >= 0.6 is 0 Å². The Hall–Kier alpha value is -0.910. The van der Waals surface area contributed by atoms with Gasteiger partial charge in [-0.25, -0.2) is 8.42 Å². The molecular weight excluding hydrogens is 238 g/mol. The molecule has 0 amide bonds. The second kappa shape index (κ2) is 6.74. The highest BCUT2D eigenvalue weighted by atomic mass is 32.2. The second-order valence-electron chi connectivity index (χ2n) is 4.13. The Labute approximate surface area is 103 Å². The van der Waals surface area contributed by atoms with Crippen LogP contribution in [-0.2, 0) is 21.2 Å². The number of ether oxygens (including phenoxy) is 1. The average molecular weight is 257 g/mol. The van der Waals surface area contributed by atoms with Crippen LogP contribution in [0, 0.1) is 0 Å². The first kappa shape index (κ1) is 14.2. The Kier molecular flexibility index (Phi) is 5.61. The maximum Gasteiger partial charge on any atom is 0.154 e. The van der Waals surface area contributed by atoms with Crippen LogP contribution in [0.25, 0.3) is 0 Å². The summed E-state index contributed by atoms with van der Waals surface area (Å²) in [5.41, 5.74) is 6.49. The molecule has 0 heterocycles. The van der Waals surface area contributed by atoms with Gasteiger partial charge in [-0.3, -0.25) is 0 Å². The molecule has 2 N–H and O–H groups in total. The molecule has 0 radical (unpaired) electrons. The van der Waals surface area contributed by atoms with Gasteiger partial charge in [0, 0.05) is 6.04 Å². The van der Waals surface area contributed by atoms with Crippen LogP contribution < -0.4 is 5.73 Å². The maximum absolute atomic E-state index is 11.5. The molecule has 0 fully saturated rings. The summed E-state index contributed by atoms with van der Waals surface area (Å²) >= 11 is 0. The van der Waals surface area contributed by atoms with Gasteiger partial charge in [-0.1, -0.05) is 30.3 Å². The molecule has 0 saturated heterocycles. The third kappa shape index (κ3) is 6.41. The van der Waals surface area contributed by atoms with E-state index < -0.39 is 9.84 Å². The van der Waals surface area contributed by atoms with Gasteiger partial charge in [0.15, 0.2) is 9.84 Å². The molecule has 1 unspecified atom stereocenters. The van der Waals surface area contributed by atoms with Gasteiger partial charge in [0.05, 0.1) is 24.7 Å². The molecule has 1 aromatic rings. The van der Waals surface area contributed by atoms with Gasteiger partial charge in [0.1, 0.15) is 0 Å². The third-order valence-electron chi connectivity index (χ3n) is 2.17. The standard InChI is InChI=1S/C12H19NO3S/c1-11(13)10-17(14,15)8-7-16-9-12-5-3-2-4-6-12/h2-6,11H,7-10,13H2,1H3. The summed E-state index contributed by atoms with van der Waals surface area (Å²) in [5.74, 6) is 0.0447. The smallest absolute Gasteiger partial charge is 0.154 e. The van der Waals surface area contributed by atoms with E-state index in [1.165, 1.54) is 0 Å². The predicted octanol–water partition coefficient (Wildman–Crippen LogP) is 0.965. The van der Waals surface area contributed by atoms with E-state index in [0.717, 1.165) is 5.56 Å². The van der Waals surface area contributed by atoms with Crippen molar-refractivity contribution in [1.82, 2.24) is 0 Å². The number of hydrogen-bond acceptors (Lipinski definition) is 4. The topological polar surface area (TPSA) is 69.4 Å². The number of nitrogens with two attached hydrogens (primary N) is 1. The van der Waals surface area contributed by atoms with Gasteiger partial charge >= 0.3 is 0 Å². The molecule has 0 aliphatic heterocycles. The Morgan fingerprint density at radius 2 is 1.94 bits per heavy atom. The van der Waals surface area contributed by atoms with Crippen molar-refractivity contribution >= 4 is 9.84 Å². The lowest BCUT2D eigenvalue weighted by Crippen LogP contribution is -2.28. The van der Waals surface area contributed by atoms with E-state index in [9.17, 15) is 8.42 Å². The number of benzene rings is 1. The molecule has 4 nitrogen and oxygen atoms in total. The highest BCUT2D eigenvalue weighted by molar-refractivity contribution is 7.91. The van der Waals surface area contributed by atoms with Crippen molar-refractivity contribution in [3.05, 3.63) is 35.9 Å². The van der Waals surface area contributed by atoms with E-state index in [2.05, 4.69) is 0 Å². The summed E-state index contributed by atoms with van der Waals surface area (Å²) in [4.78, 5) is 0. The summed E-state index contributed by atoms with van der Waals surface area (Å²) in [6.07, 6.45) is 0. The first-order valence-corrected chi connectivity index (χ1v) is 7.39. The summed E-state index contributed by atoms with van der Waals surface area (Å²) in [6, 6.07) is 9.33. The van der Waals surface area contributed by atoms with Crippen LogP contribution in [0.4, 0.5) is 0 Å². The zero-order valence-corrected chi connectivity index (χ0v) is 10.8. The molecule has 1 rings (SSSR count). The van der Waals surface area contributed by atoms with Gasteiger partial charge in [0.2, 0.25) is 0 Å². The fraction of sp³-hybridized carbons (Fsp3) is 0.500. The van der Waals surface area contributed by atoms with E-state index in [1.54, 1.807) is 6.92 Å². The summed E-state index contributed by atoms with van der Waals surface area (Å²) in [5, 5.41) is 0. The van der Waals surface area contributed by atoms with Crippen molar-refractivity contribution in [2.24, 2.45) is 5.73 Å². The normalized spacial score (nSPS) is 13.5. The van der Waals surface area contributed by atoms with E-state index in [4.69, 9.17) is 10.5 Å². The molecule has 0 aromatic heterocycles. The molecule has 0 bridgehead atoms. The fourth-order valence-corrected chi connectivity index (χ4v) is 2.77. The molecule has 17 heavy (non-hydrogen) atoms. The Balaban J connectivity index is 2.25. The molecule has 0 saturated carbocycles. The Morgan fingerprint density at radius 3 is 2.53 bits per heavy atom. The van der Waals surface area contributed by atoms with E-state index in [1.807, 2.05) is 30.3 Å². The Bertz CT molecular complexity index is 415. The lowest BCUT2D eigenvalue weighted by molar-refractivity contribution is 0.135. The zero-order chi connectivity index (χ0) is 12.7. The van der Waals surface area contributed by atoms with E-state index in [0.29, 0.717) is 6.61 Å². The van der Waals surface area contributed by atoms with Crippen molar-refractivity contribution in [2.75, 3.05) is 18.1 Å². The lowest BCUT2D eigenvalue weighted by Gasteiger charge is -2.07. The summed E-state index contributed by atoms with van der Waals surface area (Å²) in [6.45, 7) is 2.33. The zero-order valence-electron chi connectivity index (χ0n) is 10.0. The molecule has 0 aliphatic carbocycles. The van der Waals surface area contributed by atoms with Crippen LogP contribution in [0.1, 0.15) is 12.5 Å². The van der Waals surface area contributed by atoms with Gasteiger partial charge in [-0.15, -0.1) is 0 Å². The molecule has 0 spiro atoms. The minimum Gasteiger partial charge on any atom is -0.376 e. The van der Waals surface area contributed by atoms with Crippen molar-refractivity contribution < 1.29 is 13.2 Å². The minimum absolute atomic E-state index is 0.0156. The van der Waals surface area contributed by atoms with Crippen LogP contribution in [0.15, 0.2) is 30.3 Å². The number of rotatable bonds is 7. The molecule has 1 atom stereocenters. The molecule has 0 aliphatic rings. The van der Waals surface area contributed by atoms with Gasteiger partial charge < -0.3 is 10.5 Å². The van der Waals surface area contributed by atoms with Gasteiger partial charge in [-0.2, -0.15) is 0 Å².